The van der Waals surface area contributed by atoms with Gasteiger partial charge in [-0.25, -0.2) is 0 Å². The number of nitrogens with zero attached hydrogens (tertiary/aromatic N) is 2. The number of carbonyl (C=O) groups is 1. The van der Waals surface area contributed by atoms with Crippen LogP contribution in [0.1, 0.15) is 35.1 Å². The number of anilines is 1. The topological polar surface area (TPSA) is 81.2 Å². The summed E-state index contributed by atoms with van der Waals surface area (Å²) in [6.07, 6.45) is 3.69. The number of thiophene rings is 1. The van der Waals surface area contributed by atoms with Crippen molar-refractivity contribution in [2.75, 3.05) is 5.32 Å². The van der Waals surface area contributed by atoms with Crippen molar-refractivity contribution in [2.45, 2.75) is 18.8 Å². The maximum Gasteiger partial charge on any atom is 0.291 e. The molecule has 21 heavy (non-hydrogen) atoms. The van der Waals surface area contributed by atoms with Crippen LogP contribution >= 0.6 is 11.3 Å². The largest absolute Gasteiger partial charge is 0.459 e. The van der Waals surface area contributed by atoms with Crippen molar-refractivity contribution in [3.8, 4) is 10.8 Å². The number of amides is 1. The van der Waals surface area contributed by atoms with Gasteiger partial charge >= 0.3 is 0 Å². The Balaban J connectivity index is 1.59. The summed E-state index contributed by atoms with van der Waals surface area (Å²) in [7, 11) is 0. The maximum absolute atomic E-state index is 12.0. The van der Waals surface area contributed by atoms with Crippen molar-refractivity contribution in [2.24, 2.45) is 0 Å². The van der Waals surface area contributed by atoms with E-state index in [2.05, 4.69) is 15.5 Å². The molecule has 3 aromatic rings. The smallest absolute Gasteiger partial charge is 0.291 e. The zero-order valence-corrected chi connectivity index (χ0v) is 11.7. The molecule has 6 nitrogen and oxygen atoms in total. The first-order chi connectivity index (χ1) is 10.3. The highest BCUT2D eigenvalue weighted by Crippen LogP contribution is 2.40. The van der Waals surface area contributed by atoms with Gasteiger partial charge in [0.25, 0.3) is 11.8 Å². The van der Waals surface area contributed by atoms with Crippen molar-refractivity contribution in [1.82, 2.24) is 10.1 Å². The van der Waals surface area contributed by atoms with Gasteiger partial charge in [-0.15, -0.1) is 11.3 Å². The average molecular weight is 301 g/mol. The van der Waals surface area contributed by atoms with Crippen molar-refractivity contribution >= 4 is 22.9 Å². The first-order valence-corrected chi connectivity index (χ1v) is 7.45. The van der Waals surface area contributed by atoms with Crippen molar-refractivity contribution in [1.29, 1.82) is 0 Å². The van der Waals surface area contributed by atoms with Gasteiger partial charge in [0, 0.05) is 5.92 Å². The van der Waals surface area contributed by atoms with Gasteiger partial charge in [0.15, 0.2) is 11.6 Å². The number of rotatable bonds is 4. The Labute approximate surface area is 123 Å². The van der Waals surface area contributed by atoms with Crippen LogP contribution in [0.3, 0.4) is 0 Å². The predicted octanol–water partition coefficient (Wildman–Crippen LogP) is 3.52. The van der Waals surface area contributed by atoms with Crippen molar-refractivity contribution in [3.63, 3.8) is 0 Å². The molecule has 0 saturated heterocycles. The van der Waals surface area contributed by atoms with Gasteiger partial charge in [-0.05, 0) is 36.4 Å². The second kappa shape index (κ2) is 4.85. The van der Waals surface area contributed by atoms with Crippen LogP contribution in [0.5, 0.6) is 0 Å². The van der Waals surface area contributed by atoms with Gasteiger partial charge in [-0.2, -0.15) is 4.98 Å². The van der Waals surface area contributed by atoms with Crippen LogP contribution in [0.25, 0.3) is 10.8 Å². The van der Waals surface area contributed by atoms with E-state index in [4.69, 9.17) is 8.94 Å². The van der Waals surface area contributed by atoms with E-state index in [1.165, 1.54) is 17.6 Å². The number of hydrogen-bond acceptors (Lipinski definition) is 6. The molecular weight excluding hydrogens is 290 g/mol. The molecule has 0 radical (unpaired) electrons. The van der Waals surface area contributed by atoms with Crippen LogP contribution in [0.2, 0.25) is 0 Å². The van der Waals surface area contributed by atoms with Gasteiger partial charge in [-0.1, -0.05) is 5.16 Å². The number of hydrogen-bond donors (Lipinski definition) is 1. The van der Waals surface area contributed by atoms with E-state index in [9.17, 15) is 4.79 Å². The fourth-order valence-corrected chi connectivity index (χ4v) is 2.77. The van der Waals surface area contributed by atoms with Crippen LogP contribution in [-0.2, 0) is 0 Å². The first kappa shape index (κ1) is 12.3. The molecule has 1 aliphatic rings. The van der Waals surface area contributed by atoms with E-state index < -0.39 is 0 Å². The molecule has 3 aromatic heterocycles. The quantitative estimate of drug-likeness (QED) is 0.797. The molecule has 0 unspecified atom stereocenters. The van der Waals surface area contributed by atoms with Crippen LogP contribution in [-0.4, -0.2) is 16.0 Å². The van der Waals surface area contributed by atoms with E-state index >= 15 is 0 Å². The third kappa shape index (κ3) is 2.36. The van der Waals surface area contributed by atoms with Gasteiger partial charge in [0.1, 0.15) is 4.88 Å². The van der Waals surface area contributed by atoms with E-state index in [0.717, 1.165) is 23.5 Å². The lowest BCUT2D eigenvalue weighted by Gasteiger charge is -2.01. The highest BCUT2D eigenvalue weighted by atomic mass is 32.1. The van der Waals surface area contributed by atoms with Crippen LogP contribution < -0.4 is 5.32 Å². The molecule has 0 atom stereocenters. The molecule has 0 aromatic carbocycles. The van der Waals surface area contributed by atoms with Gasteiger partial charge in [0.2, 0.25) is 0 Å². The van der Waals surface area contributed by atoms with E-state index in [1.807, 2.05) is 11.4 Å². The number of furan rings is 1. The lowest BCUT2D eigenvalue weighted by Crippen LogP contribution is -2.10. The highest BCUT2D eigenvalue weighted by molar-refractivity contribution is 7.14. The molecule has 1 saturated carbocycles. The fraction of sp³-hybridized carbons (Fsp3) is 0.214. The number of aromatic nitrogens is 2. The Hall–Kier alpha value is -2.41. The summed E-state index contributed by atoms with van der Waals surface area (Å²) in [4.78, 5) is 17.2. The maximum atomic E-state index is 12.0. The summed E-state index contributed by atoms with van der Waals surface area (Å²) in [5.41, 5.74) is 0.646. The minimum atomic E-state index is -0.304. The molecule has 4 rings (SSSR count). The summed E-state index contributed by atoms with van der Waals surface area (Å²) in [6.45, 7) is 0. The summed E-state index contributed by atoms with van der Waals surface area (Å²) >= 11 is 1.45. The summed E-state index contributed by atoms with van der Waals surface area (Å²) in [5, 5.41) is 8.66. The molecule has 0 bridgehead atoms. The molecule has 0 spiro atoms. The number of nitrogens with one attached hydrogen (secondary N) is 1. The van der Waals surface area contributed by atoms with E-state index in [0.29, 0.717) is 17.5 Å². The monoisotopic (exact) mass is 301 g/mol. The molecule has 7 heteroatoms. The molecular formula is C14H11N3O3S. The van der Waals surface area contributed by atoms with Crippen molar-refractivity contribution < 1.29 is 13.7 Å². The normalized spacial score (nSPS) is 14.3. The average Bonchev–Trinajstić information content (AvgIpc) is 2.95. The summed E-state index contributed by atoms with van der Waals surface area (Å²) in [6, 6.07) is 5.09. The third-order valence-corrected chi connectivity index (χ3v) is 4.14. The second-order valence-electron chi connectivity index (χ2n) is 4.83. The lowest BCUT2D eigenvalue weighted by atomic mass is 10.3. The minimum absolute atomic E-state index is 0.261. The van der Waals surface area contributed by atoms with Gasteiger partial charge in [0.05, 0.1) is 12.0 Å². The van der Waals surface area contributed by atoms with Gasteiger partial charge in [-0.3, -0.25) is 4.79 Å². The standard InChI is InChI=1S/C14H11N3O3S/c18-13(10-2-1-6-19-10)15-9-5-7-21-11(9)14-16-12(17-20-14)8-3-4-8/h1-2,5-8H,3-4H2,(H,15,18). The first-order valence-electron chi connectivity index (χ1n) is 6.57. The Kier molecular flexibility index (Phi) is 2.85. The predicted molar refractivity (Wildman–Crippen MR) is 76.2 cm³/mol. The van der Waals surface area contributed by atoms with E-state index in [-0.39, 0.29) is 11.7 Å². The lowest BCUT2D eigenvalue weighted by molar-refractivity contribution is 0.0997. The minimum Gasteiger partial charge on any atom is -0.459 e. The molecule has 3 heterocycles. The zero-order chi connectivity index (χ0) is 14.2. The molecule has 1 aliphatic carbocycles. The summed E-state index contributed by atoms with van der Waals surface area (Å²) < 4.78 is 10.4. The Morgan fingerprint density at radius 3 is 3.05 bits per heavy atom. The van der Waals surface area contributed by atoms with Crippen LogP contribution in [0.4, 0.5) is 5.69 Å². The molecule has 106 valence electrons. The Bertz CT molecular complexity index is 771. The molecule has 1 fully saturated rings. The number of carbonyl (C=O) groups excluding carboxylic acids is 1. The zero-order valence-electron chi connectivity index (χ0n) is 10.9. The van der Waals surface area contributed by atoms with Crippen molar-refractivity contribution in [3.05, 3.63) is 41.4 Å². The summed E-state index contributed by atoms with van der Waals surface area (Å²) in [5.74, 6) is 1.59. The molecule has 0 aliphatic heterocycles. The molecule has 1 N–H and O–H groups in total. The SMILES string of the molecule is O=C(Nc1ccsc1-c1nc(C2CC2)no1)c1ccco1. The van der Waals surface area contributed by atoms with Crippen LogP contribution in [0, 0.1) is 0 Å². The molecule has 1 amide bonds. The second-order valence-corrected chi connectivity index (χ2v) is 5.74. The Morgan fingerprint density at radius 2 is 2.29 bits per heavy atom. The highest BCUT2D eigenvalue weighted by Gasteiger charge is 2.29. The van der Waals surface area contributed by atoms with Gasteiger partial charge < -0.3 is 14.3 Å². The van der Waals surface area contributed by atoms with Crippen LogP contribution in [0.15, 0.2) is 38.8 Å². The van der Waals surface area contributed by atoms with E-state index in [1.54, 1.807) is 12.1 Å². The fourth-order valence-electron chi connectivity index (χ4n) is 2.00. The third-order valence-electron chi connectivity index (χ3n) is 3.24. The Morgan fingerprint density at radius 1 is 1.38 bits per heavy atom.